The summed E-state index contributed by atoms with van der Waals surface area (Å²) in [4.78, 5) is 37.2. The molecule has 178 valence electrons. The molecule has 1 saturated heterocycles. The van der Waals surface area contributed by atoms with Crippen molar-refractivity contribution >= 4 is 24.0 Å². The van der Waals surface area contributed by atoms with Crippen molar-refractivity contribution in [3.8, 4) is 11.5 Å². The second-order valence-corrected chi connectivity index (χ2v) is 7.78. The number of hydrogen-bond acceptors (Lipinski definition) is 6. The fraction of sp³-hybridized carbons (Fsp3) is 0.154. The molecule has 2 N–H and O–H groups in total. The van der Waals surface area contributed by atoms with Gasteiger partial charge in [-0.3, -0.25) is 9.59 Å². The Hall–Kier alpha value is -4.53. The van der Waals surface area contributed by atoms with E-state index in [0.29, 0.717) is 12.1 Å². The molecule has 0 aliphatic carbocycles. The molecule has 1 fully saturated rings. The summed E-state index contributed by atoms with van der Waals surface area (Å²) in [7, 11) is 1.40. The molecule has 0 spiro atoms. The molecule has 0 saturated carbocycles. The minimum Gasteiger partial charge on any atom is -0.493 e. The van der Waals surface area contributed by atoms with E-state index in [-0.39, 0.29) is 28.9 Å². The van der Waals surface area contributed by atoms with Gasteiger partial charge in [0.1, 0.15) is 11.7 Å². The molecule has 2 atom stereocenters. The molecule has 0 unspecified atom stereocenters. The van der Waals surface area contributed by atoms with Gasteiger partial charge in [0.25, 0.3) is 5.91 Å². The van der Waals surface area contributed by atoms with Crippen LogP contribution in [0.25, 0.3) is 0 Å². The van der Waals surface area contributed by atoms with E-state index in [2.05, 4.69) is 15.8 Å². The van der Waals surface area contributed by atoms with Crippen molar-refractivity contribution in [2.45, 2.75) is 5.92 Å². The van der Waals surface area contributed by atoms with E-state index < -0.39 is 23.6 Å². The van der Waals surface area contributed by atoms with Crippen molar-refractivity contribution in [1.29, 1.82) is 0 Å². The van der Waals surface area contributed by atoms with E-state index in [1.165, 1.54) is 37.6 Å². The van der Waals surface area contributed by atoms with E-state index in [1.54, 1.807) is 12.1 Å². The summed E-state index contributed by atoms with van der Waals surface area (Å²) < 4.78 is 24.0. The number of ether oxygens (including phenoxy) is 2. The van der Waals surface area contributed by atoms with Crippen molar-refractivity contribution < 1.29 is 28.2 Å². The standard InChI is InChI=1S/C26H22FN3O5/c1-34-22-12-16(10-11-21(22)35-26(33)18-8-5-9-19(27)13-18)14-29-30-25(32)23-20(15-28-24(23)31)17-6-3-2-4-7-17/h2-14,20,23H,15H2,1H3,(H,28,31)(H,30,32)/b29-14+/t20-,23-/m0/s1. The minimum absolute atomic E-state index is 0.0603. The van der Waals surface area contributed by atoms with Crippen molar-refractivity contribution in [3.63, 3.8) is 0 Å². The number of halogens is 1. The van der Waals surface area contributed by atoms with Gasteiger partial charge in [-0.15, -0.1) is 0 Å². The number of hydrazone groups is 1. The fourth-order valence-corrected chi connectivity index (χ4v) is 3.80. The third kappa shape index (κ3) is 5.52. The van der Waals surface area contributed by atoms with Crippen LogP contribution in [0.1, 0.15) is 27.4 Å². The van der Waals surface area contributed by atoms with Gasteiger partial charge in [0.05, 0.1) is 18.9 Å². The van der Waals surface area contributed by atoms with Gasteiger partial charge in [0, 0.05) is 12.5 Å². The van der Waals surface area contributed by atoms with Gasteiger partial charge in [-0.1, -0.05) is 36.4 Å². The highest BCUT2D eigenvalue weighted by molar-refractivity contribution is 6.03. The lowest BCUT2D eigenvalue weighted by atomic mass is 9.88. The number of hydrogen-bond donors (Lipinski definition) is 2. The monoisotopic (exact) mass is 475 g/mol. The molecule has 1 aliphatic rings. The quantitative estimate of drug-likeness (QED) is 0.180. The number of esters is 1. The topological polar surface area (TPSA) is 106 Å². The average Bonchev–Trinajstić information content (AvgIpc) is 3.26. The molecule has 4 rings (SSSR count). The zero-order valence-corrected chi connectivity index (χ0v) is 18.7. The Bertz CT molecular complexity index is 1280. The third-order valence-electron chi connectivity index (χ3n) is 5.53. The predicted molar refractivity (Wildman–Crippen MR) is 126 cm³/mol. The maximum Gasteiger partial charge on any atom is 0.343 e. The highest BCUT2D eigenvalue weighted by Crippen LogP contribution is 2.30. The molecule has 9 heteroatoms. The van der Waals surface area contributed by atoms with Crippen molar-refractivity contribution in [2.24, 2.45) is 11.0 Å². The highest BCUT2D eigenvalue weighted by Gasteiger charge is 2.40. The molecule has 35 heavy (non-hydrogen) atoms. The van der Waals surface area contributed by atoms with Gasteiger partial charge in [-0.2, -0.15) is 5.10 Å². The van der Waals surface area contributed by atoms with E-state index in [0.717, 1.165) is 11.6 Å². The lowest BCUT2D eigenvalue weighted by Gasteiger charge is -2.15. The molecule has 1 heterocycles. The lowest BCUT2D eigenvalue weighted by Crippen LogP contribution is -2.34. The molecule has 3 aromatic carbocycles. The van der Waals surface area contributed by atoms with Crippen LogP contribution in [0.4, 0.5) is 4.39 Å². The molecule has 8 nitrogen and oxygen atoms in total. The Labute approximate surface area is 200 Å². The first-order valence-electron chi connectivity index (χ1n) is 10.8. The van der Waals surface area contributed by atoms with Crippen LogP contribution in [0, 0.1) is 11.7 Å². The van der Waals surface area contributed by atoms with Crippen LogP contribution in [0.15, 0.2) is 77.9 Å². The van der Waals surface area contributed by atoms with Crippen molar-refractivity contribution in [1.82, 2.24) is 10.7 Å². The zero-order chi connectivity index (χ0) is 24.8. The molecule has 0 aromatic heterocycles. The maximum atomic E-state index is 13.4. The predicted octanol–water partition coefficient (Wildman–Crippen LogP) is 3.03. The van der Waals surface area contributed by atoms with E-state index >= 15 is 0 Å². The number of amides is 2. The summed E-state index contributed by atoms with van der Waals surface area (Å²) in [6.45, 7) is 0.373. The smallest absolute Gasteiger partial charge is 0.343 e. The molecule has 1 aliphatic heterocycles. The van der Waals surface area contributed by atoms with E-state index in [9.17, 15) is 18.8 Å². The van der Waals surface area contributed by atoms with Crippen LogP contribution < -0.4 is 20.2 Å². The highest BCUT2D eigenvalue weighted by atomic mass is 19.1. The van der Waals surface area contributed by atoms with Crippen LogP contribution in [-0.4, -0.2) is 37.7 Å². The Morgan fingerprint density at radius 1 is 1.06 bits per heavy atom. The Morgan fingerprint density at radius 3 is 2.60 bits per heavy atom. The molecule has 2 amide bonds. The molecule has 0 bridgehead atoms. The first kappa shape index (κ1) is 23.6. The number of rotatable bonds is 7. The first-order chi connectivity index (χ1) is 17.0. The van der Waals surface area contributed by atoms with Crippen LogP contribution in [0.2, 0.25) is 0 Å². The van der Waals surface area contributed by atoms with Gasteiger partial charge in [0.15, 0.2) is 11.5 Å². The first-order valence-corrected chi connectivity index (χ1v) is 10.8. The third-order valence-corrected chi connectivity index (χ3v) is 5.53. The van der Waals surface area contributed by atoms with Crippen LogP contribution in [0.5, 0.6) is 11.5 Å². The van der Waals surface area contributed by atoms with Gasteiger partial charge in [-0.25, -0.2) is 14.6 Å². The normalized spacial score (nSPS) is 17.1. The Balaban J connectivity index is 1.42. The summed E-state index contributed by atoms with van der Waals surface area (Å²) >= 11 is 0. The molecule has 0 radical (unpaired) electrons. The Kier molecular flexibility index (Phi) is 7.15. The van der Waals surface area contributed by atoms with E-state index in [4.69, 9.17) is 9.47 Å². The minimum atomic E-state index is -0.895. The van der Waals surface area contributed by atoms with Crippen molar-refractivity contribution in [2.75, 3.05) is 13.7 Å². The summed E-state index contributed by atoms with van der Waals surface area (Å²) in [6, 6.07) is 19.1. The molecular weight excluding hydrogens is 453 g/mol. The molecular formula is C26H22FN3O5. The number of carbonyl (C=O) groups is 3. The van der Waals surface area contributed by atoms with Gasteiger partial charge in [0.2, 0.25) is 5.91 Å². The van der Waals surface area contributed by atoms with Crippen LogP contribution in [0.3, 0.4) is 0 Å². The number of nitrogens with zero attached hydrogens (tertiary/aromatic N) is 1. The average molecular weight is 475 g/mol. The fourth-order valence-electron chi connectivity index (χ4n) is 3.80. The number of nitrogens with one attached hydrogen (secondary N) is 2. The summed E-state index contributed by atoms with van der Waals surface area (Å²) in [5.41, 5.74) is 3.92. The van der Waals surface area contributed by atoms with Crippen LogP contribution in [-0.2, 0) is 9.59 Å². The largest absolute Gasteiger partial charge is 0.493 e. The summed E-state index contributed by atoms with van der Waals surface area (Å²) in [5, 5.41) is 6.69. The summed E-state index contributed by atoms with van der Waals surface area (Å²) in [6.07, 6.45) is 1.38. The Morgan fingerprint density at radius 2 is 1.86 bits per heavy atom. The second kappa shape index (κ2) is 10.6. The number of benzene rings is 3. The van der Waals surface area contributed by atoms with Gasteiger partial charge in [-0.05, 0) is 47.5 Å². The van der Waals surface area contributed by atoms with Gasteiger partial charge >= 0.3 is 5.97 Å². The lowest BCUT2D eigenvalue weighted by molar-refractivity contribution is -0.133. The second-order valence-electron chi connectivity index (χ2n) is 7.78. The summed E-state index contributed by atoms with van der Waals surface area (Å²) in [5.74, 6) is -2.96. The van der Waals surface area contributed by atoms with Gasteiger partial charge < -0.3 is 14.8 Å². The zero-order valence-electron chi connectivity index (χ0n) is 18.7. The molecule has 3 aromatic rings. The van der Waals surface area contributed by atoms with E-state index in [1.807, 2.05) is 30.3 Å². The number of methoxy groups -OCH3 is 1. The van der Waals surface area contributed by atoms with Crippen molar-refractivity contribution in [3.05, 3.63) is 95.3 Å². The maximum absolute atomic E-state index is 13.4. The van der Waals surface area contributed by atoms with Crippen LogP contribution >= 0.6 is 0 Å². The number of carbonyl (C=O) groups excluding carboxylic acids is 3. The SMILES string of the molecule is COc1cc(/C=N/NC(=O)[C@@H]2C(=O)NC[C@H]2c2ccccc2)ccc1OC(=O)c1cccc(F)c1.